The van der Waals surface area contributed by atoms with Gasteiger partial charge in [-0.3, -0.25) is 14.7 Å². The number of ether oxygens (including phenoxy) is 2. The fourth-order valence-electron chi connectivity index (χ4n) is 4.38. The minimum Gasteiger partial charge on any atom is -0.379 e. The van der Waals surface area contributed by atoms with E-state index in [0.717, 1.165) is 57.7 Å². The highest BCUT2D eigenvalue weighted by Crippen LogP contribution is 2.24. The van der Waals surface area contributed by atoms with Crippen LogP contribution >= 0.6 is 0 Å². The van der Waals surface area contributed by atoms with Crippen molar-refractivity contribution in [1.29, 1.82) is 0 Å². The number of hydroxylamine groups is 1. The number of nitrogens with zero attached hydrogens (tertiary/aromatic N) is 2. The van der Waals surface area contributed by atoms with Crippen molar-refractivity contribution in [3.05, 3.63) is 89.0 Å². The van der Waals surface area contributed by atoms with Crippen molar-refractivity contribution >= 4 is 5.91 Å². The summed E-state index contributed by atoms with van der Waals surface area (Å²) in [5.41, 5.74) is 6.14. The number of pyridine rings is 1. The predicted molar refractivity (Wildman–Crippen MR) is 140 cm³/mol. The van der Waals surface area contributed by atoms with Gasteiger partial charge in [0, 0.05) is 67.3 Å². The van der Waals surface area contributed by atoms with Crippen LogP contribution in [-0.4, -0.2) is 55.0 Å². The quantitative estimate of drug-likeness (QED) is 0.390. The Balaban J connectivity index is 1.21. The van der Waals surface area contributed by atoms with Gasteiger partial charge in [0.2, 0.25) is 0 Å². The maximum absolute atomic E-state index is 15.0. The zero-order valence-corrected chi connectivity index (χ0v) is 21.1. The van der Waals surface area contributed by atoms with Crippen LogP contribution in [0.15, 0.2) is 60.9 Å². The predicted octanol–water partition coefficient (Wildman–Crippen LogP) is 4.31. The second-order valence-electron chi connectivity index (χ2n) is 9.34. The van der Waals surface area contributed by atoms with E-state index in [4.69, 9.17) is 14.3 Å². The molecule has 1 aromatic heterocycles. The molecule has 3 heterocycles. The van der Waals surface area contributed by atoms with E-state index in [1.54, 1.807) is 18.2 Å². The lowest BCUT2D eigenvalue weighted by Crippen LogP contribution is -2.35. The van der Waals surface area contributed by atoms with Crippen molar-refractivity contribution < 1.29 is 23.5 Å². The molecule has 0 bridgehead atoms. The van der Waals surface area contributed by atoms with Crippen molar-refractivity contribution in [2.24, 2.45) is 0 Å². The summed E-state index contributed by atoms with van der Waals surface area (Å²) in [6, 6.07) is 14.5. The first-order chi connectivity index (χ1) is 18.6. The van der Waals surface area contributed by atoms with Crippen molar-refractivity contribution in [2.75, 3.05) is 32.9 Å². The molecule has 2 aliphatic heterocycles. The highest BCUT2D eigenvalue weighted by Gasteiger charge is 2.17. The molecule has 0 radical (unpaired) electrons. The Kier molecular flexibility index (Phi) is 8.74. The van der Waals surface area contributed by atoms with E-state index >= 15 is 4.39 Å². The normalized spacial score (nSPS) is 17.9. The smallest absolute Gasteiger partial charge is 0.276 e. The van der Waals surface area contributed by atoms with Crippen LogP contribution in [0.1, 0.15) is 46.3 Å². The average molecular weight is 516 g/mol. The molecule has 1 amide bonds. The number of morpholine rings is 1. The molecule has 7 nitrogen and oxygen atoms in total. The SMILES string of the molecule is O=C(NOC1CCCCO1)c1cncc(-c2ccc(C#Cc3ccc(CN4CCOCC4)cc3)cc2F)c1. The zero-order valence-electron chi connectivity index (χ0n) is 21.1. The topological polar surface area (TPSA) is 72.9 Å². The summed E-state index contributed by atoms with van der Waals surface area (Å²) in [7, 11) is 0. The summed E-state index contributed by atoms with van der Waals surface area (Å²) in [4.78, 5) is 24.3. The Morgan fingerprint density at radius 3 is 2.58 bits per heavy atom. The Bertz CT molecular complexity index is 1310. The first-order valence-corrected chi connectivity index (χ1v) is 12.9. The van der Waals surface area contributed by atoms with Crippen LogP contribution < -0.4 is 5.48 Å². The monoisotopic (exact) mass is 515 g/mol. The van der Waals surface area contributed by atoms with Crippen LogP contribution in [-0.2, 0) is 20.9 Å². The van der Waals surface area contributed by atoms with Gasteiger partial charge >= 0.3 is 0 Å². The number of hydrogen-bond acceptors (Lipinski definition) is 6. The first kappa shape index (κ1) is 26.0. The zero-order chi connectivity index (χ0) is 26.2. The van der Waals surface area contributed by atoms with E-state index in [1.807, 2.05) is 12.1 Å². The van der Waals surface area contributed by atoms with Gasteiger partial charge in [0.25, 0.3) is 5.91 Å². The fourth-order valence-corrected chi connectivity index (χ4v) is 4.38. The van der Waals surface area contributed by atoms with Crippen LogP contribution in [0, 0.1) is 17.7 Å². The molecule has 0 aliphatic carbocycles. The summed E-state index contributed by atoms with van der Waals surface area (Å²) in [6.45, 7) is 4.95. The van der Waals surface area contributed by atoms with Gasteiger partial charge in [0.1, 0.15) is 5.82 Å². The van der Waals surface area contributed by atoms with Crippen LogP contribution in [0.3, 0.4) is 0 Å². The van der Waals surface area contributed by atoms with Gasteiger partial charge in [-0.25, -0.2) is 14.7 Å². The fraction of sp³-hybridized carbons (Fsp3) is 0.333. The standard InChI is InChI=1S/C30H30FN3O4/c31-28-17-23(7-4-22-5-8-24(9-6-22)21-34-12-15-36-16-13-34)10-11-27(28)25-18-26(20-32-19-25)30(35)33-38-29-3-1-2-14-37-29/h5-6,8-11,17-20,29H,1-3,12-16,21H2,(H,33,35). The van der Waals surface area contributed by atoms with Crippen molar-refractivity contribution in [1.82, 2.24) is 15.4 Å². The van der Waals surface area contributed by atoms with Gasteiger partial charge in [-0.05, 0) is 48.7 Å². The third-order valence-electron chi connectivity index (χ3n) is 6.52. The summed E-state index contributed by atoms with van der Waals surface area (Å²) in [5, 5.41) is 0. The largest absolute Gasteiger partial charge is 0.379 e. The Labute approximate surface area is 221 Å². The molecule has 2 aliphatic rings. The molecule has 5 rings (SSSR count). The van der Waals surface area contributed by atoms with Crippen LogP contribution in [0.25, 0.3) is 11.1 Å². The minimum atomic E-state index is -0.465. The van der Waals surface area contributed by atoms with Gasteiger partial charge in [0.15, 0.2) is 6.29 Å². The average Bonchev–Trinajstić information content (AvgIpc) is 2.97. The van der Waals surface area contributed by atoms with Crippen molar-refractivity contribution in [3.8, 4) is 23.0 Å². The molecule has 0 saturated carbocycles. The van der Waals surface area contributed by atoms with Gasteiger partial charge < -0.3 is 9.47 Å². The Morgan fingerprint density at radius 1 is 1.03 bits per heavy atom. The molecule has 2 fully saturated rings. The molecule has 1 atom stereocenters. The molecule has 38 heavy (non-hydrogen) atoms. The number of carbonyl (C=O) groups excluding carboxylic acids is 1. The van der Waals surface area contributed by atoms with E-state index in [-0.39, 0.29) is 5.56 Å². The Morgan fingerprint density at radius 2 is 1.82 bits per heavy atom. The first-order valence-electron chi connectivity index (χ1n) is 12.9. The lowest BCUT2D eigenvalue weighted by molar-refractivity contribution is -0.186. The molecular weight excluding hydrogens is 485 g/mol. The van der Waals surface area contributed by atoms with E-state index in [1.165, 1.54) is 24.0 Å². The summed E-state index contributed by atoms with van der Waals surface area (Å²) >= 11 is 0. The third kappa shape index (κ3) is 7.03. The second-order valence-corrected chi connectivity index (χ2v) is 9.34. The van der Waals surface area contributed by atoms with Crippen molar-refractivity contribution in [3.63, 3.8) is 0 Å². The number of carbonyl (C=O) groups is 1. The molecule has 1 N–H and O–H groups in total. The van der Waals surface area contributed by atoms with Crippen LogP contribution in [0.2, 0.25) is 0 Å². The lowest BCUT2D eigenvalue weighted by Gasteiger charge is -2.26. The maximum atomic E-state index is 15.0. The maximum Gasteiger partial charge on any atom is 0.276 e. The van der Waals surface area contributed by atoms with Gasteiger partial charge in [-0.2, -0.15) is 0 Å². The minimum absolute atomic E-state index is 0.263. The van der Waals surface area contributed by atoms with Gasteiger partial charge in [-0.15, -0.1) is 0 Å². The molecule has 8 heteroatoms. The number of amides is 1. The molecule has 196 valence electrons. The highest BCUT2D eigenvalue weighted by atomic mass is 19.1. The third-order valence-corrected chi connectivity index (χ3v) is 6.52. The van der Waals surface area contributed by atoms with E-state index < -0.39 is 18.0 Å². The molecule has 3 aromatic rings. The molecule has 2 aromatic carbocycles. The molecule has 1 unspecified atom stereocenters. The van der Waals surface area contributed by atoms with E-state index in [0.29, 0.717) is 23.3 Å². The summed E-state index contributed by atoms with van der Waals surface area (Å²) in [5.74, 6) is 5.23. The van der Waals surface area contributed by atoms with E-state index in [2.05, 4.69) is 39.3 Å². The summed E-state index contributed by atoms with van der Waals surface area (Å²) in [6.07, 6.45) is 5.16. The summed E-state index contributed by atoms with van der Waals surface area (Å²) < 4.78 is 25.9. The van der Waals surface area contributed by atoms with Gasteiger partial charge in [0.05, 0.1) is 18.8 Å². The van der Waals surface area contributed by atoms with Crippen LogP contribution in [0.5, 0.6) is 0 Å². The number of hydrogen-bond donors (Lipinski definition) is 1. The number of aromatic nitrogens is 1. The van der Waals surface area contributed by atoms with Crippen LogP contribution in [0.4, 0.5) is 4.39 Å². The van der Waals surface area contributed by atoms with E-state index in [9.17, 15) is 4.79 Å². The number of benzene rings is 2. The Hall–Kier alpha value is -3.61. The molecule has 0 spiro atoms. The second kappa shape index (κ2) is 12.8. The number of rotatable bonds is 6. The highest BCUT2D eigenvalue weighted by molar-refractivity contribution is 5.94. The van der Waals surface area contributed by atoms with Crippen molar-refractivity contribution in [2.45, 2.75) is 32.1 Å². The molecule has 2 saturated heterocycles. The number of halogens is 1. The number of nitrogens with one attached hydrogen (secondary N) is 1. The van der Waals surface area contributed by atoms with Gasteiger partial charge in [-0.1, -0.05) is 30.0 Å². The molecular formula is C30H30FN3O4. The lowest BCUT2D eigenvalue weighted by atomic mass is 10.0.